The Labute approximate surface area is 107 Å². The van der Waals surface area contributed by atoms with Gasteiger partial charge in [0.1, 0.15) is 5.75 Å². The summed E-state index contributed by atoms with van der Waals surface area (Å²) in [6.07, 6.45) is 6.85. The van der Waals surface area contributed by atoms with Gasteiger partial charge in [0.05, 0.1) is 11.9 Å². The molecule has 96 valence electrons. The molecule has 0 radical (unpaired) electrons. The molecule has 1 aromatic carbocycles. The van der Waals surface area contributed by atoms with Gasteiger partial charge in [-0.15, -0.1) is 0 Å². The molecule has 0 aliphatic carbocycles. The quantitative estimate of drug-likeness (QED) is 0.727. The molecule has 2 heterocycles. The maximum absolute atomic E-state index is 12.2. The van der Waals surface area contributed by atoms with Crippen molar-refractivity contribution < 1.29 is 13.5 Å². The van der Waals surface area contributed by atoms with E-state index < -0.39 is 6.61 Å². The van der Waals surface area contributed by atoms with Gasteiger partial charge in [-0.05, 0) is 12.1 Å². The summed E-state index contributed by atoms with van der Waals surface area (Å²) in [4.78, 5) is 8.33. The SMILES string of the molecule is FC(F)Oc1cccc(-c2cn3ccncc3n2)c1. The number of benzene rings is 1. The highest BCUT2D eigenvalue weighted by atomic mass is 19.3. The van der Waals surface area contributed by atoms with Crippen molar-refractivity contribution >= 4 is 5.65 Å². The van der Waals surface area contributed by atoms with Crippen LogP contribution in [-0.2, 0) is 0 Å². The van der Waals surface area contributed by atoms with Crippen molar-refractivity contribution in [3.8, 4) is 17.0 Å². The number of nitrogens with zero attached hydrogens (tertiary/aromatic N) is 3. The van der Waals surface area contributed by atoms with Crippen molar-refractivity contribution in [1.82, 2.24) is 14.4 Å². The molecule has 0 unspecified atom stereocenters. The molecule has 0 aliphatic rings. The number of aromatic nitrogens is 3. The Kier molecular flexibility index (Phi) is 2.83. The lowest BCUT2D eigenvalue weighted by molar-refractivity contribution is -0.0498. The first-order valence-electron chi connectivity index (χ1n) is 5.56. The Morgan fingerprint density at radius 1 is 1.26 bits per heavy atom. The van der Waals surface area contributed by atoms with Crippen LogP contribution in [-0.4, -0.2) is 21.0 Å². The molecule has 6 heteroatoms. The normalized spacial score (nSPS) is 11.1. The topological polar surface area (TPSA) is 39.4 Å². The zero-order valence-electron chi connectivity index (χ0n) is 9.70. The first kappa shape index (κ1) is 11.6. The number of alkyl halides is 2. The van der Waals surface area contributed by atoms with Crippen molar-refractivity contribution in [1.29, 1.82) is 0 Å². The summed E-state index contributed by atoms with van der Waals surface area (Å²) in [5.74, 6) is 0.114. The zero-order valence-corrected chi connectivity index (χ0v) is 9.70. The summed E-state index contributed by atoms with van der Waals surface area (Å²) in [6, 6.07) is 6.44. The number of fused-ring (bicyclic) bond motifs is 1. The molecule has 0 saturated carbocycles. The predicted octanol–water partition coefficient (Wildman–Crippen LogP) is 3.00. The molecule has 0 fully saturated rings. The van der Waals surface area contributed by atoms with Gasteiger partial charge in [0, 0.05) is 24.2 Å². The van der Waals surface area contributed by atoms with Crippen molar-refractivity contribution in [2.45, 2.75) is 6.61 Å². The zero-order chi connectivity index (χ0) is 13.2. The van der Waals surface area contributed by atoms with Crippen LogP contribution < -0.4 is 4.74 Å². The van der Waals surface area contributed by atoms with Gasteiger partial charge in [-0.25, -0.2) is 4.98 Å². The third-order valence-electron chi connectivity index (χ3n) is 2.62. The number of hydrogen-bond donors (Lipinski definition) is 0. The summed E-state index contributed by atoms with van der Waals surface area (Å²) >= 11 is 0. The molecule has 0 aliphatic heterocycles. The molecule has 0 bridgehead atoms. The first-order chi connectivity index (χ1) is 9.22. The fraction of sp³-hybridized carbons (Fsp3) is 0.0769. The van der Waals surface area contributed by atoms with E-state index in [1.54, 1.807) is 36.9 Å². The molecule has 2 aromatic heterocycles. The van der Waals surface area contributed by atoms with E-state index in [0.717, 1.165) is 0 Å². The summed E-state index contributed by atoms with van der Waals surface area (Å²) in [7, 11) is 0. The van der Waals surface area contributed by atoms with Crippen molar-refractivity contribution in [2.75, 3.05) is 0 Å². The average Bonchev–Trinajstić information content (AvgIpc) is 2.82. The van der Waals surface area contributed by atoms with Gasteiger partial charge in [0.2, 0.25) is 0 Å². The van der Waals surface area contributed by atoms with Gasteiger partial charge in [0.25, 0.3) is 0 Å². The number of ether oxygens (including phenoxy) is 1. The fourth-order valence-electron chi connectivity index (χ4n) is 1.81. The van der Waals surface area contributed by atoms with Gasteiger partial charge in [-0.1, -0.05) is 12.1 Å². The lowest BCUT2D eigenvalue weighted by Gasteiger charge is -2.05. The maximum atomic E-state index is 12.2. The van der Waals surface area contributed by atoms with Crippen LogP contribution in [0.15, 0.2) is 49.1 Å². The van der Waals surface area contributed by atoms with Crippen molar-refractivity contribution in [2.24, 2.45) is 0 Å². The third kappa shape index (κ3) is 2.37. The van der Waals surface area contributed by atoms with Crippen molar-refractivity contribution in [3.63, 3.8) is 0 Å². The molecular weight excluding hydrogens is 252 g/mol. The first-order valence-corrected chi connectivity index (χ1v) is 5.56. The molecule has 0 spiro atoms. The van der Waals surface area contributed by atoms with E-state index in [1.807, 2.05) is 4.40 Å². The third-order valence-corrected chi connectivity index (χ3v) is 2.62. The second-order valence-corrected chi connectivity index (χ2v) is 3.87. The minimum absolute atomic E-state index is 0.114. The Hall–Kier alpha value is -2.50. The van der Waals surface area contributed by atoms with Crippen LogP contribution in [0.3, 0.4) is 0 Å². The largest absolute Gasteiger partial charge is 0.435 e. The predicted molar refractivity (Wildman–Crippen MR) is 65.1 cm³/mol. The van der Waals surface area contributed by atoms with Crippen molar-refractivity contribution in [3.05, 3.63) is 49.1 Å². The number of imidazole rings is 1. The number of rotatable bonds is 3. The van der Waals surface area contributed by atoms with Gasteiger partial charge in [-0.2, -0.15) is 8.78 Å². The molecule has 3 rings (SSSR count). The summed E-state index contributed by atoms with van der Waals surface area (Å²) in [5, 5.41) is 0. The van der Waals surface area contributed by atoms with Crippen LogP contribution in [0.2, 0.25) is 0 Å². The van der Waals surface area contributed by atoms with E-state index in [4.69, 9.17) is 0 Å². The molecule has 19 heavy (non-hydrogen) atoms. The standard InChI is InChI=1S/C13H9F2N3O/c14-13(15)19-10-3-1-2-9(6-10)11-8-18-5-4-16-7-12(18)17-11/h1-8,13H. The molecule has 4 nitrogen and oxygen atoms in total. The highest BCUT2D eigenvalue weighted by Crippen LogP contribution is 2.24. The second-order valence-electron chi connectivity index (χ2n) is 3.87. The Balaban J connectivity index is 2.01. The minimum atomic E-state index is -2.83. The maximum Gasteiger partial charge on any atom is 0.387 e. The average molecular weight is 261 g/mol. The summed E-state index contributed by atoms with van der Waals surface area (Å²) in [5.41, 5.74) is 2.08. The van der Waals surface area contributed by atoms with Crippen LogP contribution in [0, 0.1) is 0 Å². The van der Waals surface area contributed by atoms with Gasteiger partial charge in [-0.3, -0.25) is 4.98 Å². The van der Waals surface area contributed by atoms with Gasteiger partial charge < -0.3 is 9.14 Å². The van der Waals surface area contributed by atoms with E-state index in [-0.39, 0.29) is 5.75 Å². The van der Waals surface area contributed by atoms with E-state index in [9.17, 15) is 8.78 Å². The van der Waals surface area contributed by atoms with E-state index in [2.05, 4.69) is 14.7 Å². The van der Waals surface area contributed by atoms with Crippen LogP contribution in [0.5, 0.6) is 5.75 Å². The molecule has 3 aromatic rings. The monoisotopic (exact) mass is 261 g/mol. The smallest absolute Gasteiger partial charge is 0.387 e. The summed E-state index contributed by atoms with van der Waals surface area (Å²) < 4.78 is 30.5. The van der Waals surface area contributed by atoms with E-state index in [0.29, 0.717) is 16.9 Å². The Bertz CT molecular complexity index is 679. The second kappa shape index (κ2) is 4.64. The van der Waals surface area contributed by atoms with Crippen LogP contribution in [0.1, 0.15) is 0 Å². The van der Waals surface area contributed by atoms with E-state index >= 15 is 0 Å². The Morgan fingerprint density at radius 2 is 2.16 bits per heavy atom. The Morgan fingerprint density at radius 3 is 2.95 bits per heavy atom. The number of hydrogen-bond acceptors (Lipinski definition) is 3. The van der Waals surface area contributed by atoms with Crippen LogP contribution in [0.4, 0.5) is 8.78 Å². The number of halogens is 2. The molecule has 0 atom stereocenters. The van der Waals surface area contributed by atoms with Crippen LogP contribution >= 0.6 is 0 Å². The van der Waals surface area contributed by atoms with Gasteiger partial charge in [0.15, 0.2) is 5.65 Å². The van der Waals surface area contributed by atoms with Crippen LogP contribution in [0.25, 0.3) is 16.9 Å². The van der Waals surface area contributed by atoms with E-state index in [1.165, 1.54) is 12.1 Å². The highest BCUT2D eigenvalue weighted by molar-refractivity contribution is 5.63. The lowest BCUT2D eigenvalue weighted by Crippen LogP contribution is -2.01. The molecule has 0 amide bonds. The lowest BCUT2D eigenvalue weighted by atomic mass is 10.1. The van der Waals surface area contributed by atoms with Gasteiger partial charge >= 0.3 is 6.61 Å². The summed E-state index contributed by atoms with van der Waals surface area (Å²) in [6.45, 7) is -2.83. The highest BCUT2D eigenvalue weighted by Gasteiger charge is 2.08. The molecule has 0 saturated heterocycles. The molecular formula is C13H9F2N3O. The fourth-order valence-corrected chi connectivity index (χ4v) is 1.81. The minimum Gasteiger partial charge on any atom is -0.435 e. The molecule has 0 N–H and O–H groups in total.